The summed E-state index contributed by atoms with van der Waals surface area (Å²) in [6, 6.07) is 13.5. The van der Waals surface area contributed by atoms with Crippen molar-refractivity contribution in [3.8, 4) is 0 Å². The maximum Gasteiger partial charge on any atom is 0.339 e. The Labute approximate surface area is 180 Å². The summed E-state index contributed by atoms with van der Waals surface area (Å²) in [7, 11) is 0.0294. The molecule has 0 fully saturated rings. The van der Waals surface area contributed by atoms with Gasteiger partial charge < -0.3 is 4.74 Å². The predicted octanol–water partition coefficient (Wildman–Crippen LogP) is 5.80. The van der Waals surface area contributed by atoms with Crippen LogP contribution in [0.25, 0.3) is 0 Å². The summed E-state index contributed by atoms with van der Waals surface area (Å²) in [5.74, 6) is -0.372. The van der Waals surface area contributed by atoms with E-state index < -0.39 is 15.7 Å². The van der Waals surface area contributed by atoms with Crippen molar-refractivity contribution in [2.24, 2.45) is 4.40 Å². The molecule has 29 heavy (non-hydrogen) atoms. The average molecular weight is 432 g/mol. The Bertz CT molecular complexity index is 938. The molecule has 0 saturated heterocycles. The Morgan fingerprint density at radius 2 is 1.69 bits per heavy atom. The lowest BCUT2D eigenvalue weighted by Gasteiger charge is -2.21. The maximum atomic E-state index is 12.4. The van der Waals surface area contributed by atoms with Crippen LogP contribution in [0.5, 0.6) is 0 Å². The highest BCUT2D eigenvalue weighted by Crippen LogP contribution is 2.35. The van der Waals surface area contributed by atoms with E-state index in [0.29, 0.717) is 5.56 Å². The zero-order chi connectivity index (χ0) is 21.8. The molecule has 2 aromatic carbocycles. The molecule has 0 radical (unpaired) electrons. The average Bonchev–Trinajstić information content (AvgIpc) is 2.65. The third kappa shape index (κ3) is 6.28. The molecule has 0 N–H and O–H groups in total. The molecule has 1 atom stereocenters. The van der Waals surface area contributed by atoms with E-state index in [9.17, 15) is 9.00 Å². The van der Waals surface area contributed by atoms with Gasteiger partial charge in [0.1, 0.15) is 11.0 Å². The molecule has 156 valence electrons. The Kier molecular flexibility index (Phi) is 7.46. The van der Waals surface area contributed by atoms with E-state index in [1.807, 2.05) is 45.0 Å². The van der Waals surface area contributed by atoms with Gasteiger partial charge in [0.2, 0.25) is 0 Å². The standard InChI is InChI=1S/C23H29NO3S2/c1-22(2,3)17-12-13-19(16(14-17)15-24-29(26)23(4,5)6)28-20-11-9-8-10-18(20)21(25)27-7/h8-15H,1-7H3. The minimum atomic E-state index is -1.35. The van der Waals surface area contributed by atoms with Gasteiger partial charge in [-0.05, 0) is 56.0 Å². The molecule has 0 aliphatic rings. The largest absolute Gasteiger partial charge is 0.465 e. The number of methoxy groups -OCH3 is 1. The molecule has 0 bridgehead atoms. The SMILES string of the molecule is COC(=O)c1ccccc1Sc1ccc(C(C)(C)C)cc1C=NS(=O)C(C)(C)C. The maximum absolute atomic E-state index is 12.4. The fraction of sp³-hybridized carbons (Fsp3) is 0.391. The zero-order valence-electron chi connectivity index (χ0n) is 18.1. The van der Waals surface area contributed by atoms with Gasteiger partial charge in [0.05, 0.1) is 17.4 Å². The molecule has 0 saturated carbocycles. The van der Waals surface area contributed by atoms with Gasteiger partial charge in [0.25, 0.3) is 0 Å². The van der Waals surface area contributed by atoms with Crippen LogP contribution in [-0.2, 0) is 21.1 Å². The van der Waals surface area contributed by atoms with E-state index in [1.54, 1.807) is 12.3 Å². The second-order valence-corrected chi connectivity index (χ2v) is 11.7. The summed E-state index contributed by atoms with van der Waals surface area (Å²) in [5.41, 5.74) is 2.52. The number of esters is 1. The third-order valence-electron chi connectivity index (χ3n) is 4.20. The van der Waals surface area contributed by atoms with Crippen molar-refractivity contribution in [1.82, 2.24) is 0 Å². The van der Waals surface area contributed by atoms with Crippen LogP contribution in [0.1, 0.15) is 63.0 Å². The van der Waals surface area contributed by atoms with Gasteiger partial charge in [-0.25, -0.2) is 9.00 Å². The van der Waals surface area contributed by atoms with Crippen LogP contribution in [0, 0.1) is 0 Å². The lowest BCUT2D eigenvalue weighted by atomic mass is 9.86. The van der Waals surface area contributed by atoms with E-state index >= 15 is 0 Å². The molecule has 0 amide bonds. The Hall–Kier alpha value is -1.92. The highest BCUT2D eigenvalue weighted by molar-refractivity contribution is 7.99. The molecule has 6 heteroatoms. The van der Waals surface area contributed by atoms with Crippen LogP contribution in [0.15, 0.2) is 56.7 Å². The fourth-order valence-electron chi connectivity index (χ4n) is 2.42. The second kappa shape index (κ2) is 9.26. The van der Waals surface area contributed by atoms with Crippen molar-refractivity contribution in [3.63, 3.8) is 0 Å². The monoisotopic (exact) mass is 431 g/mol. The van der Waals surface area contributed by atoms with Crippen molar-refractivity contribution in [3.05, 3.63) is 59.2 Å². The van der Waals surface area contributed by atoms with Gasteiger partial charge in [-0.15, -0.1) is 0 Å². The highest BCUT2D eigenvalue weighted by atomic mass is 32.2. The van der Waals surface area contributed by atoms with E-state index in [4.69, 9.17) is 4.74 Å². The van der Waals surface area contributed by atoms with Crippen LogP contribution in [0.2, 0.25) is 0 Å². The van der Waals surface area contributed by atoms with Crippen LogP contribution in [-0.4, -0.2) is 28.2 Å². The first-order chi connectivity index (χ1) is 13.4. The Balaban J connectivity index is 2.51. The number of hydrogen-bond donors (Lipinski definition) is 0. The van der Waals surface area contributed by atoms with Gasteiger partial charge in [-0.2, -0.15) is 4.40 Å². The molecule has 4 nitrogen and oxygen atoms in total. The zero-order valence-corrected chi connectivity index (χ0v) is 19.7. The lowest BCUT2D eigenvalue weighted by Crippen LogP contribution is -2.19. The van der Waals surface area contributed by atoms with Gasteiger partial charge in [-0.3, -0.25) is 0 Å². The molecule has 1 unspecified atom stereocenters. The fourth-order valence-corrected chi connectivity index (χ4v) is 3.96. The molecule has 0 aliphatic carbocycles. The van der Waals surface area contributed by atoms with Crippen LogP contribution >= 0.6 is 11.8 Å². The molecule has 0 aliphatic heterocycles. The number of hydrogen-bond acceptors (Lipinski definition) is 4. The molecule has 0 aromatic heterocycles. The van der Waals surface area contributed by atoms with Gasteiger partial charge in [0.15, 0.2) is 0 Å². The van der Waals surface area contributed by atoms with Gasteiger partial charge >= 0.3 is 5.97 Å². The van der Waals surface area contributed by atoms with Crippen LogP contribution in [0.3, 0.4) is 0 Å². The van der Waals surface area contributed by atoms with Crippen molar-refractivity contribution >= 4 is 34.9 Å². The first-order valence-electron chi connectivity index (χ1n) is 9.39. The summed E-state index contributed by atoms with van der Waals surface area (Å²) >= 11 is 1.47. The van der Waals surface area contributed by atoms with E-state index in [2.05, 4.69) is 37.3 Å². The van der Waals surface area contributed by atoms with Crippen LogP contribution in [0.4, 0.5) is 0 Å². The first kappa shape index (κ1) is 23.4. The number of carbonyl (C=O) groups is 1. The summed E-state index contributed by atoms with van der Waals surface area (Å²) in [5, 5.41) is 0. The predicted molar refractivity (Wildman–Crippen MR) is 123 cm³/mol. The quantitative estimate of drug-likeness (QED) is 0.443. The number of ether oxygens (including phenoxy) is 1. The third-order valence-corrected chi connectivity index (χ3v) is 6.71. The van der Waals surface area contributed by atoms with Crippen molar-refractivity contribution in [1.29, 1.82) is 0 Å². The highest BCUT2D eigenvalue weighted by Gasteiger charge is 2.20. The van der Waals surface area contributed by atoms with Gasteiger partial charge in [0, 0.05) is 21.6 Å². The molecular weight excluding hydrogens is 402 g/mol. The minimum Gasteiger partial charge on any atom is -0.465 e. The van der Waals surface area contributed by atoms with Gasteiger partial charge in [-0.1, -0.05) is 50.7 Å². The summed E-state index contributed by atoms with van der Waals surface area (Å²) < 4.78 is 21.2. The Morgan fingerprint density at radius 3 is 2.28 bits per heavy atom. The molecule has 0 spiro atoms. The molecule has 2 rings (SSSR count). The first-order valence-corrected chi connectivity index (χ1v) is 11.3. The number of rotatable bonds is 5. The Morgan fingerprint density at radius 1 is 1.03 bits per heavy atom. The topological polar surface area (TPSA) is 55.7 Å². The second-order valence-electron chi connectivity index (χ2n) is 8.69. The van der Waals surface area contributed by atoms with Crippen molar-refractivity contribution in [2.75, 3.05) is 7.11 Å². The van der Waals surface area contributed by atoms with Crippen molar-refractivity contribution < 1.29 is 13.7 Å². The van der Waals surface area contributed by atoms with Crippen LogP contribution < -0.4 is 0 Å². The van der Waals surface area contributed by atoms with E-state index in [-0.39, 0.29) is 11.4 Å². The van der Waals surface area contributed by atoms with E-state index in [0.717, 1.165) is 20.9 Å². The lowest BCUT2D eigenvalue weighted by molar-refractivity contribution is 0.0597. The van der Waals surface area contributed by atoms with E-state index in [1.165, 1.54) is 18.9 Å². The summed E-state index contributed by atoms with van der Waals surface area (Å²) in [6.07, 6.45) is 1.68. The van der Waals surface area contributed by atoms with Crippen molar-refractivity contribution in [2.45, 2.75) is 61.5 Å². The minimum absolute atomic E-state index is 0.0289. The molecule has 2 aromatic rings. The smallest absolute Gasteiger partial charge is 0.339 e. The number of benzene rings is 2. The molecular formula is C23H29NO3S2. The summed E-state index contributed by atoms with van der Waals surface area (Å²) in [4.78, 5) is 13.9. The molecule has 0 heterocycles. The normalized spacial score (nSPS) is 13.5. The number of carbonyl (C=O) groups excluding carboxylic acids is 1. The number of nitrogens with zero attached hydrogens (tertiary/aromatic N) is 1. The summed E-state index contributed by atoms with van der Waals surface area (Å²) in [6.45, 7) is 12.1.